The molecule has 1 aromatic rings. The Kier molecular flexibility index (Phi) is 7.80. The Labute approximate surface area is 192 Å². The first-order valence-electron chi connectivity index (χ1n) is 11.0. The number of halogens is 3. The molecule has 0 aliphatic carbocycles. The molecule has 2 heterocycles. The van der Waals surface area contributed by atoms with E-state index in [1.54, 1.807) is 4.90 Å². The molecule has 8 nitrogen and oxygen atoms in total. The summed E-state index contributed by atoms with van der Waals surface area (Å²) in [5.41, 5.74) is -0.163. The number of carbonyl (C=O) groups excluding carboxylic acids is 1. The van der Waals surface area contributed by atoms with E-state index >= 15 is 0 Å². The van der Waals surface area contributed by atoms with Crippen LogP contribution in [0.25, 0.3) is 0 Å². The van der Waals surface area contributed by atoms with Gasteiger partial charge in [-0.2, -0.15) is 4.31 Å². The Hall–Kier alpha value is -2.05. The summed E-state index contributed by atoms with van der Waals surface area (Å²) in [6.07, 6.45) is -1.30. The van der Waals surface area contributed by atoms with Gasteiger partial charge < -0.3 is 15.0 Å². The van der Waals surface area contributed by atoms with E-state index in [1.165, 1.54) is 10.7 Å². The van der Waals surface area contributed by atoms with Gasteiger partial charge in [-0.25, -0.2) is 13.2 Å². The summed E-state index contributed by atoms with van der Waals surface area (Å²) in [6, 6.07) is 3.87. The van der Waals surface area contributed by atoms with Crippen molar-refractivity contribution >= 4 is 16.1 Å². The lowest BCUT2D eigenvalue weighted by Crippen LogP contribution is -2.57. The van der Waals surface area contributed by atoms with Crippen LogP contribution in [-0.2, 0) is 10.0 Å². The van der Waals surface area contributed by atoms with Crippen LogP contribution < -0.4 is 10.1 Å². The first kappa shape index (κ1) is 25.6. The molecule has 33 heavy (non-hydrogen) atoms. The summed E-state index contributed by atoms with van der Waals surface area (Å²) in [5, 5.41) is 2.97. The maximum absolute atomic E-state index is 12.8. The minimum Gasteiger partial charge on any atom is -0.406 e. The van der Waals surface area contributed by atoms with Crippen molar-refractivity contribution in [1.82, 2.24) is 19.4 Å². The number of amides is 2. The largest absolute Gasteiger partial charge is 0.573 e. The zero-order chi connectivity index (χ0) is 24.3. The van der Waals surface area contributed by atoms with E-state index in [1.807, 2.05) is 0 Å². The molecule has 2 saturated heterocycles. The summed E-state index contributed by atoms with van der Waals surface area (Å²) < 4.78 is 67.6. The molecule has 12 heteroatoms. The number of likely N-dealkylation sites (tertiary alicyclic amines) is 1. The summed E-state index contributed by atoms with van der Waals surface area (Å²) in [7, 11) is -3.89. The summed E-state index contributed by atoms with van der Waals surface area (Å²) in [4.78, 5) is 16.5. The van der Waals surface area contributed by atoms with Crippen LogP contribution in [0.1, 0.15) is 33.1 Å². The van der Waals surface area contributed by atoms with Crippen molar-refractivity contribution < 1.29 is 31.1 Å². The minimum absolute atomic E-state index is 0.103. The number of hydrogen-bond donors (Lipinski definition) is 1. The molecule has 3 rings (SSSR count). The Bertz CT molecular complexity index is 908. The van der Waals surface area contributed by atoms with Crippen molar-refractivity contribution in [2.45, 2.75) is 49.9 Å². The number of hydrogen-bond acceptors (Lipinski definition) is 5. The van der Waals surface area contributed by atoms with Gasteiger partial charge in [0.05, 0.1) is 4.90 Å². The molecule has 0 bridgehead atoms. The molecule has 0 atom stereocenters. The van der Waals surface area contributed by atoms with Crippen molar-refractivity contribution in [1.29, 1.82) is 0 Å². The standard InChI is InChI=1S/C21H31F3N4O4S/c1-20(2,27-10-4-3-5-11-27)16-25-19(29)26-12-14-28(15-13-26)33(30,31)18-8-6-17(7-9-18)32-21(22,23)24/h6-9H,3-5,10-16H2,1-2H3,(H,25,29). The van der Waals surface area contributed by atoms with Gasteiger partial charge in [0, 0.05) is 38.3 Å². The summed E-state index contributed by atoms with van der Waals surface area (Å²) in [5.74, 6) is -0.490. The third-order valence-corrected chi connectivity index (χ3v) is 8.02. The lowest BCUT2D eigenvalue weighted by molar-refractivity contribution is -0.274. The molecule has 0 spiro atoms. The highest BCUT2D eigenvalue weighted by atomic mass is 32.2. The SMILES string of the molecule is CC(C)(CNC(=O)N1CCN(S(=O)(=O)c2ccc(OC(F)(F)F)cc2)CC1)N1CCCCC1. The summed E-state index contributed by atoms with van der Waals surface area (Å²) >= 11 is 0. The van der Waals surface area contributed by atoms with Crippen LogP contribution in [0.3, 0.4) is 0 Å². The lowest BCUT2D eigenvalue weighted by atomic mass is 9.98. The molecule has 2 amide bonds. The van der Waals surface area contributed by atoms with E-state index < -0.39 is 22.1 Å². The Morgan fingerprint density at radius 2 is 1.55 bits per heavy atom. The first-order chi connectivity index (χ1) is 15.4. The van der Waals surface area contributed by atoms with Crippen molar-refractivity contribution in [2.24, 2.45) is 0 Å². The van der Waals surface area contributed by atoms with Gasteiger partial charge >= 0.3 is 12.4 Å². The number of ether oxygens (including phenoxy) is 1. The number of benzene rings is 1. The molecule has 2 aliphatic rings. The second kappa shape index (κ2) is 10.1. The van der Waals surface area contributed by atoms with E-state index in [0.29, 0.717) is 6.54 Å². The number of carbonyl (C=O) groups is 1. The zero-order valence-corrected chi connectivity index (χ0v) is 19.7. The average molecular weight is 493 g/mol. The van der Waals surface area contributed by atoms with E-state index in [-0.39, 0.29) is 42.6 Å². The topological polar surface area (TPSA) is 82.2 Å². The van der Waals surface area contributed by atoms with Crippen LogP contribution in [0, 0.1) is 0 Å². The molecular formula is C21H31F3N4O4S. The fourth-order valence-corrected chi connectivity index (χ4v) is 5.53. The van der Waals surface area contributed by atoms with Crippen LogP contribution in [0.15, 0.2) is 29.2 Å². The second-order valence-corrected chi connectivity index (χ2v) is 10.9. The number of piperidine rings is 1. The van der Waals surface area contributed by atoms with E-state index in [9.17, 15) is 26.4 Å². The number of sulfonamides is 1. The molecule has 0 aromatic heterocycles. The van der Waals surface area contributed by atoms with Crippen molar-refractivity contribution in [3.05, 3.63) is 24.3 Å². The number of alkyl halides is 3. The van der Waals surface area contributed by atoms with Gasteiger partial charge in [0.15, 0.2) is 0 Å². The molecule has 1 aromatic carbocycles. The first-order valence-corrected chi connectivity index (χ1v) is 12.5. The van der Waals surface area contributed by atoms with Gasteiger partial charge in [0.1, 0.15) is 5.75 Å². The normalized spacial score (nSPS) is 19.4. The fraction of sp³-hybridized carbons (Fsp3) is 0.667. The molecule has 2 fully saturated rings. The average Bonchev–Trinajstić information content (AvgIpc) is 2.77. The number of urea groups is 1. The maximum Gasteiger partial charge on any atom is 0.573 e. The van der Waals surface area contributed by atoms with Crippen LogP contribution in [-0.4, -0.2) is 86.3 Å². The van der Waals surface area contributed by atoms with Gasteiger partial charge in [-0.15, -0.1) is 13.2 Å². The monoisotopic (exact) mass is 492 g/mol. The lowest BCUT2D eigenvalue weighted by Gasteiger charge is -2.41. The Morgan fingerprint density at radius 1 is 0.970 bits per heavy atom. The molecule has 0 saturated carbocycles. The number of piperazine rings is 1. The summed E-state index contributed by atoms with van der Waals surface area (Å²) in [6.45, 7) is 7.40. The van der Waals surface area contributed by atoms with Crippen LogP contribution in [0.4, 0.5) is 18.0 Å². The Morgan fingerprint density at radius 3 is 2.09 bits per heavy atom. The number of rotatable bonds is 6. The zero-order valence-electron chi connectivity index (χ0n) is 18.9. The highest BCUT2D eigenvalue weighted by molar-refractivity contribution is 7.89. The van der Waals surface area contributed by atoms with Gasteiger partial charge in [0.2, 0.25) is 10.0 Å². The van der Waals surface area contributed by atoms with Crippen LogP contribution in [0.5, 0.6) is 5.75 Å². The van der Waals surface area contributed by atoms with E-state index in [4.69, 9.17) is 0 Å². The maximum atomic E-state index is 12.8. The van der Waals surface area contributed by atoms with Crippen molar-refractivity contribution in [3.8, 4) is 5.75 Å². The quantitative estimate of drug-likeness (QED) is 0.661. The van der Waals surface area contributed by atoms with Crippen LogP contribution in [0.2, 0.25) is 0 Å². The number of nitrogens with one attached hydrogen (secondary N) is 1. The molecule has 1 N–H and O–H groups in total. The third-order valence-electron chi connectivity index (χ3n) is 6.11. The van der Waals surface area contributed by atoms with E-state index in [0.717, 1.165) is 50.2 Å². The minimum atomic E-state index is -4.85. The predicted molar refractivity (Wildman–Crippen MR) is 116 cm³/mol. The highest BCUT2D eigenvalue weighted by Gasteiger charge is 2.33. The molecule has 186 valence electrons. The molecule has 0 unspecified atom stereocenters. The van der Waals surface area contributed by atoms with Gasteiger partial charge in [-0.3, -0.25) is 4.90 Å². The molecule has 0 radical (unpaired) electrons. The molecule has 2 aliphatic heterocycles. The third kappa shape index (κ3) is 6.73. The second-order valence-electron chi connectivity index (χ2n) is 8.93. The highest BCUT2D eigenvalue weighted by Crippen LogP contribution is 2.25. The van der Waals surface area contributed by atoms with Gasteiger partial charge in [0.25, 0.3) is 0 Å². The smallest absolute Gasteiger partial charge is 0.406 e. The van der Waals surface area contributed by atoms with Crippen molar-refractivity contribution in [2.75, 3.05) is 45.8 Å². The predicted octanol–water partition coefficient (Wildman–Crippen LogP) is 2.87. The molecular weight excluding hydrogens is 461 g/mol. The van der Waals surface area contributed by atoms with E-state index in [2.05, 4.69) is 28.8 Å². The fourth-order valence-electron chi connectivity index (χ4n) is 4.11. The van der Waals surface area contributed by atoms with Gasteiger partial charge in [-0.05, 0) is 64.0 Å². The van der Waals surface area contributed by atoms with Crippen molar-refractivity contribution in [3.63, 3.8) is 0 Å². The van der Waals surface area contributed by atoms with Gasteiger partial charge in [-0.1, -0.05) is 6.42 Å². The number of nitrogens with zero attached hydrogens (tertiary/aromatic N) is 3. The Balaban J connectivity index is 1.51. The van der Waals surface area contributed by atoms with Crippen LogP contribution >= 0.6 is 0 Å².